The quantitative estimate of drug-likeness (QED) is 0.826. The number of benzene rings is 2. The van der Waals surface area contributed by atoms with Crippen molar-refractivity contribution in [2.45, 2.75) is 6.92 Å². The van der Waals surface area contributed by atoms with E-state index in [0.29, 0.717) is 58.8 Å². The zero-order valence-electron chi connectivity index (χ0n) is 14.8. The first-order valence-corrected chi connectivity index (χ1v) is 8.30. The van der Waals surface area contributed by atoms with Crippen molar-refractivity contribution >= 4 is 17.4 Å². The average Bonchev–Trinajstić information content (AvgIpc) is 3.13. The lowest BCUT2D eigenvalue weighted by Crippen LogP contribution is -2.18. The van der Waals surface area contributed by atoms with Crippen molar-refractivity contribution in [1.29, 1.82) is 0 Å². The van der Waals surface area contributed by atoms with Gasteiger partial charge in [0.1, 0.15) is 13.2 Å². The number of carbonyl (C=O) groups is 2. The number of ketones is 1. The largest absolute Gasteiger partial charge is 0.493 e. The molecular weight excluding hydrogens is 354 g/mol. The van der Waals surface area contributed by atoms with E-state index in [1.807, 2.05) is 0 Å². The predicted molar refractivity (Wildman–Crippen MR) is 94.5 cm³/mol. The van der Waals surface area contributed by atoms with E-state index in [1.165, 1.54) is 14.0 Å². The summed E-state index contributed by atoms with van der Waals surface area (Å²) in [5.41, 5.74) is 0.978. The first-order chi connectivity index (χ1) is 13.1. The van der Waals surface area contributed by atoms with Gasteiger partial charge in [-0.25, -0.2) is 0 Å². The number of Topliss-reactive ketones (excluding diaryl/α,β-unsaturated/α-hetero) is 1. The average molecular weight is 371 g/mol. The zero-order chi connectivity index (χ0) is 19.0. The van der Waals surface area contributed by atoms with E-state index in [4.69, 9.17) is 23.7 Å². The Morgan fingerprint density at radius 2 is 1.70 bits per heavy atom. The molecule has 2 heterocycles. The zero-order valence-corrected chi connectivity index (χ0v) is 14.8. The van der Waals surface area contributed by atoms with E-state index >= 15 is 0 Å². The molecule has 0 spiro atoms. The summed E-state index contributed by atoms with van der Waals surface area (Å²) in [7, 11) is 1.49. The van der Waals surface area contributed by atoms with Crippen LogP contribution in [0.15, 0.2) is 24.3 Å². The molecule has 140 valence electrons. The molecular formula is C19H17NO7. The van der Waals surface area contributed by atoms with Gasteiger partial charge in [-0.3, -0.25) is 9.59 Å². The number of ether oxygens (including phenoxy) is 5. The third-order valence-electron chi connectivity index (χ3n) is 4.23. The number of hydrogen-bond acceptors (Lipinski definition) is 7. The monoisotopic (exact) mass is 371 g/mol. The number of methoxy groups -OCH3 is 1. The van der Waals surface area contributed by atoms with E-state index in [0.717, 1.165) is 0 Å². The topological polar surface area (TPSA) is 92.3 Å². The van der Waals surface area contributed by atoms with Gasteiger partial charge in [-0.15, -0.1) is 0 Å². The van der Waals surface area contributed by atoms with Crippen LogP contribution < -0.4 is 29.0 Å². The van der Waals surface area contributed by atoms with Gasteiger partial charge in [-0.2, -0.15) is 0 Å². The molecule has 0 radical (unpaired) electrons. The van der Waals surface area contributed by atoms with Crippen LogP contribution >= 0.6 is 0 Å². The number of nitrogens with one attached hydrogen (secondary N) is 1. The summed E-state index contributed by atoms with van der Waals surface area (Å²) in [6.07, 6.45) is 0. The Morgan fingerprint density at radius 1 is 0.963 bits per heavy atom. The molecule has 0 aliphatic carbocycles. The van der Waals surface area contributed by atoms with Crippen LogP contribution in [0.25, 0.3) is 0 Å². The standard InChI is InChI=1S/C19H17NO7/c1-10(21)12-7-14-15(27-9-26-14)8-13(12)20-19(22)11-5-16(23-2)18-17(6-11)24-3-4-25-18/h5-8H,3-4,9H2,1-2H3,(H,20,22). The van der Waals surface area contributed by atoms with E-state index in [-0.39, 0.29) is 12.6 Å². The number of amides is 1. The summed E-state index contributed by atoms with van der Waals surface area (Å²) < 4.78 is 27.0. The van der Waals surface area contributed by atoms with Gasteiger partial charge < -0.3 is 29.0 Å². The van der Waals surface area contributed by atoms with Gasteiger partial charge in [0, 0.05) is 17.2 Å². The molecule has 2 aliphatic rings. The first kappa shape index (κ1) is 17.0. The first-order valence-electron chi connectivity index (χ1n) is 8.30. The Kier molecular flexibility index (Phi) is 4.23. The molecule has 0 atom stereocenters. The highest BCUT2D eigenvalue weighted by Crippen LogP contribution is 2.41. The normalized spacial score (nSPS) is 13.9. The fraction of sp³-hybridized carbons (Fsp3) is 0.263. The molecule has 2 aliphatic heterocycles. The van der Waals surface area contributed by atoms with Gasteiger partial charge in [0.05, 0.1) is 12.8 Å². The van der Waals surface area contributed by atoms with Gasteiger partial charge in [0.15, 0.2) is 28.8 Å². The van der Waals surface area contributed by atoms with Crippen molar-refractivity contribution in [3.05, 3.63) is 35.4 Å². The molecule has 1 amide bonds. The lowest BCUT2D eigenvalue weighted by atomic mass is 10.1. The van der Waals surface area contributed by atoms with Crippen LogP contribution in [0.1, 0.15) is 27.6 Å². The third-order valence-corrected chi connectivity index (χ3v) is 4.23. The van der Waals surface area contributed by atoms with E-state index in [1.54, 1.807) is 24.3 Å². The molecule has 0 bridgehead atoms. The molecule has 0 fully saturated rings. The summed E-state index contributed by atoms with van der Waals surface area (Å²) in [4.78, 5) is 24.8. The predicted octanol–water partition coefficient (Wildman–Crippen LogP) is 2.65. The fourth-order valence-corrected chi connectivity index (χ4v) is 2.94. The van der Waals surface area contributed by atoms with Crippen molar-refractivity contribution in [2.75, 3.05) is 32.4 Å². The van der Waals surface area contributed by atoms with E-state index < -0.39 is 5.91 Å². The molecule has 8 heteroatoms. The summed E-state index contributed by atoms with van der Waals surface area (Å²) in [6, 6.07) is 6.27. The van der Waals surface area contributed by atoms with Gasteiger partial charge in [0.2, 0.25) is 12.5 Å². The number of hydrogen-bond donors (Lipinski definition) is 1. The second-order valence-electron chi connectivity index (χ2n) is 5.96. The van der Waals surface area contributed by atoms with Crippen LogP contribution in [-0.2, 0) is 0 Å². The highest BCUT2D eigenvalue weighted by Gasteiger charge is 2.23. The second kappa shape index (κ2) is 6.71. The maximum absolute atomic E-state index is 12.8. The minimum atomic E-state index is -0.424. The minimum Gasteiger partial charge on any atom is -0.493 e. The minimum absolute atomic E-state index is 0.0729. The van der Waals surface area contributed by atoms with Crippen LogP contribution in [0, 0.1) is 0 Å². The lowest BCUT2D eigenvalue weighted by Gasteiger charge is -2.21. The molecule has 4 rings (SSSR count). The van der Waals surface area contributed by atoms with Crippen molar-refractivity contribution in [1.82, 2.24) is 0 Å². The molecule has 2 aromatic carbocycles. The van der Waals surface area contributed by atoms with Crippen molar-refractivity contribution < 1.29 is 33.3 Å². The molecule has 8 nitrogen and oxygen atoms in total. The van der Waals surface area contributed by atoms with Crippen molar-refractivity contribution in [3.63, 3.8) is 0 Å². The molecule has 27 heavy (non-hydrogen) atoms. The molecule has 1 N–H and O–H groups in total. The summed E-state index contributed by atoms with van der Waals surface area (Å²) in [6.45, 7) is 2.29. The molecule has 0 saturated carbocycles. The van der Waals surface area contributed by atoms with Crippen LogP contribution in [0.4, 0.5) is 5.69 Å². The molecule has 0 aromatic heterocycles. The van der Waals surface area contributed by atoms with Crippen LogP contribution in [-0.4, -0.2) is 38.8 Å². The van der Waals surface area contributed by atoms with Gasteiger partial charge in [0.25, 0.3) is 5.91 Å². The number of carbonyl (C=O) groups excluding carboxylic acids is 2. The number of fused-ring (bicyclic) bond motifs is 2. The Bertz CT molecular complexity index is 921. The van der Waals surface area contributed by atoms with Crippen LogP contribution in [0.2, 0.25) is 0 Å². The number of rotatable bonds is 4. The SMILES string of the molecule is COc1cc(C(=O)Nc2cc3c(cc2C(C)=O)OCO3)cc2c1OCCO2. The van der Waals surface area contributed by atoms with E-state index in [9.17, 15) is 9.59 Å². The highest BCUT2D eigenvalue weighted by atomic mass is 16.7. The lowest BCUT2D eigenvalue weighted by molar-refractivity contribution is 0.101. The maximum Gasteiger partial charge on any atom is 0.255 e. The summed E-state index contributed by atoms with van der Waals surface area (Å²) >= 11 is 0. The third kappa shape index (κ3) is 3.10. The number of anilines is 1. The maximum atomic E-state index is 12.8. The summed E-state index contributed by atoms with van der Waals surface area (Å²) in [5.74, 6) is 1.61. The van der Waals surface area contributed by atoms with Crippen molar-refractivity contribution in [2.24, 2.45) is 0 Å². The smallest absolute Gasteiger partial charge is 0.255 e. The fourth-order valence-electron chi connectivity index (χ4n) is 2.94. The Labute approximate surface area is 154 Å². The van der Waals surface area contributed by atoms with Crippen molar-refractivity contribution in [3.8, 4) is 28.7 Å². The Balaban J connectivity index is 1.68. The van der Waals surface area contributed by atoms with Gasteiger partial charge in [-0.05, 0) is 25.1 Å². The van der Waals surface area contributed by atoms with Gasteiger partial charge >= 0.3 is 0 Å². The Hall–Kier alpha value is -3.42. The van der Waals surface area contributed by atoms with Crippen LogP contribution in [0.3, 0.4) is 0 Å². The highest BCUT2D eigenvalue weighted by molar-refractivity contribution is 6.10. The molecule has 0 unspecified atom stereocenters. The Morgan fingerprint density at radius 3 is 2.44 bits per heavy atom. The second-order valence-corrected chi connectivity index (χ2v) is 5.96. The molecule has 2 aromatic rings. The van der Waals surface area contributed by atoms with Crippen LogP contribution in [0.5, 0.6) is 28.7 Å². The van der Waals surface area contributed by atoms with Gasteiger partial charge in [-0.1, -0.05) is 0 Å². The molecule has 0 saturated heterocycles. The van der Waals surface area contributed by atoms with E-state index in [2.05, 4.69) is 5.32 Å². The summed E-state index contributed by atoms with van der Waals surface area (Å²) in [5, 5.41) is 2.75.